The van der Waals surface area contributed by atoms with Crippen molar-refractivity contribution in [2.75, 3.05) is 26.7 Å². The predicted molar refractivity (Wildman–Crippen MR) is 125 cm³/mol. The predicted octanol–water partition coefficient (Wildman–Crippen LogP) is 3.65. The van der Waals surface area contributed by atoms with Crippen LogP contribution < -0.4 is 10.6 Å². The van der Waals surface area contributed by atoms with E-state index >= 15 is 0 Å². The Labute approximate surface area is 182 Å². The van der Waals surface area contributed by atoms with E-state index in [1.807, 2.05) is 36.7 Å². The maximum absolute atomic E-state index is 4.41. The molecule has 1 unspecified atom stereocenters. The van der Waals surface area contributed by atoms with Crippen molar-refractivity contribution < 1.29 is 0 Å². The van der Waals surface area contributed by atoms with Gasteiger partial charge in [-0.1, -0.05) is 36.4 Å². The summed E-state index contributed by atoms with van der Waals surface area (Å²) < 4.78 is 0. The third-order valence-corrected chi connectivity index (χ3v) is 6.57. The fourth-order valence-corrected chi connectivity index (χ4v) is 4.83. The second kappa shape index (κ2) is 10.4. The second-order valence-corrected chi connectivity index (χ2v) is 8.47. The number of pyridine rings is 1. The smallest absolute Gasteiger partial charge is 0.191 e. The van der Waals surface area contributed by atoms with E-state index in [0.29, 0.717) is 6.04 Å². The standard InChI is InChI=1S/C24H29N5S/c1-25-24(27-14-10-21-9-5-6-13-26-21)28-17-22(19-7-3-2-4-8-19)29-15-11-23-20(18-29)12-16-30-23/h2-9,12-13,16,22H,10-11,14-15,17-18H2,1H3,(H2,25,27,28). The molecule has 5 nitrogen and oxygen atoms in total. The van der Waals surface area contributed by atoms with E-state index in [2.05, 4.69) is 73.4 Å². The van der Waals surface area contributed by atoms with E-state index < -0.39 is 0 Å². The molecule has 1 atom stereocenters. The highest BCUT2D eigenvalue weighted by molar-refractivity contribution is 7.10. The molecular weight excluding hydrogens is 390 g/mol. The van der Waals surface area contributed by atoms with E-state index in [0.717, 1.165) is 50.7 Å². The van der Waals surface area contributed by atoms with Gasteiger partial charge in [-0.05, 0) is 41.1 Å². The molecular formula is C24H29N5S. The summed E-state index contributed by atoms with van der Waals surface area (Å²) in [4.78, 5) is 12.9. The summed E-state index contributed by atoms with van der Waals surface area (Å²) in [7, 11) is 1.83. The number of aliphatic imine (C=N–C) groups is 1. The van der Waals surface area contributed by atoms with Crippen LogP contribution in [0.2, 0.25) is 0 Å². The molecule has 3 heterocycles. The van der Waals surface area contributed by atoms with Crippen LogP contribution in [0.4, 0.5) is 0 Å². The minimum absolute atomic E-state index is 0.300. The lowest BCUT2D eigenvalue weighted by Gasteiger charge is -2.35. The van der Waals surface area contributed by atoms with Crippen molar-refractivity contribution in [2.24, 2.45) is 4.99 Å². The largest absolute Gasteiger partial charge is 0.356 e. The molecule has 0 aliphatic carbocycles. The molecule has 0 saturated carbocycles. The molecule has 2 aromatic heterocycles. The normalized spacial score (nSPS) is 15.4. The van der Waals surface area contributed by atoms with Crippen LogP contribution in [0.5, 0.6) is 0 Å². The Morgan fingerprint density at radius 1 is 1.13 bits per heavy atom. The van der Waals surface area contributed by atoms with Crippen LogP contribution >= 0.6 is 11.3 Å². The summed E-state index contributed by atoms with van der Waals surface area (Å²) in [6.45, 7) is 3.70. The molecule has 0 saturated heterocycles. The molecule has 3 aromatic rings. The molecule has 1 aliphatic rings. The Kier molecular flexibility index (Phi) is 7.11. The molecule has 4 rings (SSSR count). The minimum Gasteiger partial charge on any atom is -0.356 e. The first-order chi connectivity index (χ1) is 14.8. The Balaban J connectivity index is 1.38. The molecule has 0 bridgehead atoms. The number of rotatable bonds is 7. The summed E-state index contributed by atoms with van der Waals surface area (Å²) in [6.07, 6.45) is 3.84. The number of aromatic nitrogens is 1. The first-order valence-electron chi connectivity index (χ1n) is 10.5. The van der Waals surface area contributed by atoms with E-state index in [1.54, 1.807) is 0 Å². The molecule has 0 amide bonds. The van der Waals surface area contributed by atoms with Crippen molar-refractivity contribution in [1.82, 2.24) is 20.5 Å². The highest BCUT2D eigenvalue weighted by atomic mass is 32.1. The van der Waals surface area contributed by atoms with Crippen molar-refractivity contribution in [3.63, 3.8) is 0 Å². The lowest BCUT2D eigenvalue weighted by atomic mass is 10.0. The average molecular weight is 420 g/mol. The molecule has 0 radical (unpaired) electrons. The highest BCUT2D eigenvalue weighted by Crippen LogP contribution is 2.30. The van der Waals surface area contributed by atoms with Gasteiger partial charge >= 0.3 is 0 Å². The van der Waals surface area contributed by atoms with Gasteiger partial charge in [0.15, 0.2) is 5.96 Å². The lowest BCUT2D eigenvalue weighted by molar-refractivity contribution is 0.181. The lowest BCUT2D eigenvalue weighted by Crippen LogP contribution is -2.44. The molecule has 0 fully saturated rings. The second-order valence-electron chi connectivity index (χ2n) is 7.47. The van der Waals surface area contributed by atoms with Crippen molar-refractivity contribution in [2.45, 2.75) is 25.4 Å². The summed E-state index contributed by atoms with van der Waals surface area (Å²) in [6, 6.07) is 19.4. The van der Waals surface area contributed by atoms with E-state index in [-0.39, 0.29) is 0 Å². The first kappa shape index (κ1) is 20.6. The van der Waals surface area contributed by atoms with Crippen LogP contribution in [-0.2, 0) is 19.4 Å². The van der Waals surface area contributed by atoms with Crippen LogP contribution in [-0.4, -0.2) is 42.5 Å². The maximum atomic E-state index is 4.41. The number of guanidine groups is 1. The van der Waals surface area contributed by atoms with Crippen LogP contribution in [0.1, 0.15) is 27.7 Å². The van der Waals surface area contributed by atoms with Gasteiger partial charge in [0, 0.05) is 56.4 Å². The molecule has 1 aromatic carbocycles. The topological polar surface area (TPSA) is 52.6 Å². The molecule has 0 spiro atoms. The summed E-state index contributed by atoms with van der Waals surface area (Å²) in [5.74, 6) is 0.833. The monoisotopic (exact) mass is 419 g/mol. The van der Waals surface area contributed by atoms with Crippen molar-refractivity contribution in [3.05, 3.63) is 87.9 Å². The highest BCUT2D eigenvalue weighted by Gasteiger charge is 2.25. The number of thiophene rings is 1. The quantitative estimate of drug-likeness (QED) is 0.453. The molecule has 2 N–H and O–H groups in total. The van der Waals surface area contributed by atoms with Gasteiger partial charge in [-0.3, -0.25) is 14.9 Å². The Bertz CT molecular complexity index is 938. The van der Waals surface area contributed by atoms with Gasteiger partial charge in [0.2, 0.25) is 0 Å². The maximum Gasteiger partial charge on any atom is 0.191 e. The van der Waals surface area contributed by atoms with Gasteiger partial charge in [0.05, 0.1) is 6.04 Å². The Hall–Kier alpha value is -2.70. The van der Waals surface area contributed by atoms with Crippen LogP contribution in [0, 0.1) is 0 Å². The van der Waals surface area contributed by atoms with Crippen molar-refractivity contribution in [1.29, 1.82) is 0 Å². The zero-order chi connectivity index (χ0) is 20.6. The van der Waals surface area contributed by atoms with Crippen LogP contribution in [0.25, 0.3) is 0 Å². The third kappa shape index (κ3) is 5.26. The number of nitrogens with zero attached hydrogens (tertiary/aromatic N) is 3. The SMILES string of the molecule is CN=C(NCCc1ccccn1)NCC(c1ccccc1)N1CCc2sccc2C1. The molecule has 30 heavy (non-hydrogen) atoms. The number of benzene rings is 1. The molecule has 1 aliphatic heterocycles. The van der Waals surface area contributed by atoms with Gasteiger partial charge in [0.25, 0.3) is 0 Å². The van der Waals surface area contributed by atoms with Gasteiger partial charge in [-0.25, -0.2) is 0 Å². The van der Waals surface area contributed by atoms with Crippen LogP contribution in [0.15, 0.2) is 71.2 Å². The zero-order valence-corrected chi connectivity index (χ0v) is 18.2. The summed E-state index contributed by atoms with van der Waals surface area (Å²) >= 11 is 1.89. The van der Waals surface area contributed by atoms with Gasteiger partial charge in [-0.15, -0.1) is 11.3 Å². The Morgan fingerprint density at radius 2 is 2.00 bits per heavy atom. The summed E-state index contributed by atoms with van der Waals surface area (Å²) in [5, 5.41) is 9.19. The zero-order valence-electron chi connectivity index (χ0n) is 17.4. The fraction of sp³-hybridized carbons (Fsp3) is 0.333. The summed E-state index contributed by atoms with van der Waals surface area (Å²) in [5.41, 5.74) is 3.90. The number of hydrogen-bond acceptors (Lipinski definition) is 4. The van der Waals surface area contributed by atoms with Crippen molar-refractivity contribution >= 4 is 17.3 Å². The number of nitrogens with one attached hydrogen (secondary N) is 2. The Morgan fingerprint density at radius 3 is 2.80 bits per heavy atom. The third-order valence-electron chi connectivity index (χ3n) is 5.55. The molecule has 156 valence electrons. The van der Waals surface area contributed by atoms with Gasteiger partial charge < -0.3 is 10.6 Å². The number of hydrogen-bond donors (Lipinski definition) is 2. The van der Waals surface area contributed by atoms with E-state index in [9.17, 15) is 0 Å². The van der Waals surface area contributed by atoms with Crippen LogP contribution in [0.3, 0.4) is 0 Å². The minimum atomic E-state index is 0.300. The van der Waals surface area contributed by atoms with E-state index in [1.165, 1.54) is 16.0 Å². The van der Waals surface area contributed by atoms with Crippen molar-refractivity contribution in [3.8, 4) is 0 Å². The average Bonchev–Trinajstić information content (AvgIpc) is 3.27. The fourth-order valence-electron chi connectivity index (χ4n) is 3.94. The van der Waals surface area contributed by atoms with Gasteiger partial charge in [0.1, 0.15) is 0 Å². The first-order valence-corrected chi connectivity index (χ1v) is 11.4. The van der Waals surface area contributed by atoms with Gasteiger partial charge in [-0.2, -0.15) is 0 Å². The molecule has 6 heteroatoms. The van der Waals surface area contributed by atoms with E-state index in [4.69, 9.17) is 0 Å². The number of fused-ring (bicyclic) bond motifs is 1.